The molecule has 0 spiro atoms. The van der Waals surface area contributed by atoms with Crippen LogP contribution in [0.2, 0.25) is 13.3 Å². The molecule has 120 valence electrons. The van der Waals surface area contributed by atoms with Crippen LogP contribution in [-0.2, 0) is 3.07 Å². The van der Waals surface area contributed by atoms with Gasteiger partial charge >= 0.3 is 133 Å². The normalized spacial score (nSPS) is 13.3. The van der Waals surface area contributed by atoms with Crippen LogP contribution >= 0.6 is 0 Å². The minimum atomic E-state index is -2.41. The zero-order valence-electron chi connectivity index (χ0n) is 15.0. The third kappa shape index (κ3) is 7.95. The topological polar surface area (TPSA) is 9.23 Å². The Morgan fingerprint density at radius 2 is 1.15 bits per heavy atom. The van der Waals surface area contributed by atoms with Crippen LogP contribution in [0.15, 0.2) is 11.3 Å². The number of unbranched alkanes of at least 4 members (excludes halogenated alkanes) is 3. The van der Waals surface area contributed by atoms with Gasteiger partial charge in [0.1, 0.15) is 0 Å². The number of rotatable bonds is 12. The van der Waals surface area contributed by atoms with E-state index in [1.165, 1.54) is 63.2 Å². The van der Waals surface area contributed by atoms with E-state index in [2.05, 4.69) is 41.5 Å². The minimum absolute atomic E-state index is 1.13. The summed E-state index contributed by atoms with van der Waals surface area (Å²) in [5, 5.41) is 0. The molecule has 0 heterocycles. The second-order valence-electron chi connectivity index (χ2n) is 6.29. The fourth-order valence-electron chi connectivity index (χ4n) is 2.69. The van der Waals surface area contributed by atoms with Crippen molar-refractivity contribution in [2.45, 2.75) is 99.8 Å². The molecule has 0 aromatic carbocycles. The predicted octanol–water partition coefficient (Wildman–Crippen LogP) is 7.05. The Balaban J connectivity index is 5.01. The molecule has 0 saturated carbocycles. The van der Waals surface area contributed by atoms with E-state index < -0.39 is 18.8 Å². The maximum absolute atomic E-state index is 6.79. The molecule has 0 aromatic rings. The van der Waals surface area contributed by atoms with Gasteiger partial charge in [0.2, 0.25) is 0 Å². The van der Waals surface area contributed by atoms with Gasteiger partial charge in [-0.1, -0.05) is 0 Å². The first kappa shape index (κ1) is 20.3. The summed E-state index contributed by atoms with van der Waals surface area (Å²) in [4.78, 5) is 0. The van der Waals surface area contributed by atoms with Crippen LogP contribution in [0.25, 0.3) is 0 Å². The predicted molar refractivity (Wildman–Crippen MR) is 94.6 cm³/mol. The molecule has 0 aliphatic rings. The second kappa shape index (κ2) is 11.9. The van der Waals surface area contributed by atoms with E-state index >= 15 is 0 Å². The Morgan fingerprint density at radius 3 is 1.45 bits per heavy atom. The van der Waals surface area contributed by atoms with Crippen molar-refractivity contribution in [1.82, 2.24) is 0 Å². The molecule has 0 bridgehead atoms. The summed E-state index contributed by atoms with van der Waals surface area (Å²) < 4.78 is 11.1. The van der Waals surface area contributed by atoms with Crippen molar-refractivity contribution in [2.75, 3.05) is 0 Å². The molecule has 0 rings (SSSR count). The van der Waals surface area contributed by atoms with Gasteiger partial charge in [-0.25, -0.2) is 0 Å². The Bertz CT molecular complexity index is 249. The van der Waals surface area contributed by atoms with Gasteiger partial charge in [0.05, 0.1) is 0 Å². The molecule has 0 unspecified atom stereocenters. The van der Waals surface area contributed by atoms with Crippen LogP contribution in [0.4, 0.5) is 0 Å². The second-order valence-corrected chi connectivity index (χ2v) is 17.9. The number of allylic oxidation sites excluding steroid dienone is 2. The molecule has 0 fully saturated rings. The Morgan fingerprint density at radius 1 is 0.750 bits per heavy atom. The molecule has 0 aliphatic carbocycles. The number of hydrogen-bond donors (Lipinski definition) is 0. The zero-order valence-corrected chi connectivity index (χ0v) is 17.8. The van der Waals surface area contributed by atoms with Gasteiger partial charge in [0, 0.05) is 0 Å². The summed E-state index contributed by atoms with van der Waals surface area (Å²) in [7, 11) is 0. The molecule has 20 heavy (non-hydrogen) atoms. The summed E-state index contributed by atoms with van der Waals surface area (Å²) in [6.07, 6.45) is 9.20. The van der Waals surface area contributed by atoms with E-state index in [0.29, 0.717) is 0 Å². The van der Waals surface area contributed by atoms with Gasteiger partial charge in [-0.05, 0) is 0 Å². The van der Waals surface area contributed by atoms with Crippen LogP contribution in [-0.4, -0.2) is 18.8 Å². The molecule has 0 aliphatic heterocycles. The van der Waals surface area contributed by atoms with Crippen LogP contribution in [0.5, 0.6) is 0 Å². The van der Waals surface area contributed by atoms with Gasteiger partial charge in [-0.2, -0.15) is 0 Å². The Hall–Kier alpha value is 0.339. The van der Waals surface area contributed by atoms with Gasteiger partial charge in [-0.15, -0.1) is 0 Å². The Labute approximate surface area is 133 Å². The fraction of sp³-hybridized carbons (Fsp3) is 0.889. The molecule has 1 nitrogen and oxygen atoms in total. The molecule has 0 aromatic heterocycles. The van der Waals surface area contributed by atoms with Crippen LogP contribution < -0.4 is 0 Å². The molecule has 0 radical (unpaired) electrons. The van der Waals surface area contributed by atoms with Crippen molar-refractivity contribution in [1.29, 1.82) is 0 Å². The van der Waals surface area contributed by atoms with Crippen molar-refractivity contribution < 1.29 is 3.07 Å². The van der Waals surface area contributed by atoms with Crippen LogP contribution in [0.3, 0.4) is 0 Å². The van der Waals surface area contributed by atoms with Gasteiger partial charge in [0.15, 0.2) is 0 Å². The first-order chi connectivity index (χ1) is 9.55. The van der Waals surface area contributed by atoms with E-state index in [1.54, 1.807) is 0 Å². The SMILES string of the molecule is CCC[CH2][Sn]([CH2]CCC)([CH2]CCC)[O]/C(C)=C(\C)CC. The molecular formula is C18H38OSn. The summed E-state index contributed by atoms with van der Waals surface area (Å²) in [5.74, 6) is 1.27. The third-order valence-electron chi connectivity index (χ3n) is 4.46. The quantitative estimate of drug-likeness (QED) is 0.257. The van der Waals surface area contributed by atoms with Crippen molar-refractivity contribution >= 4 is 18.8 Å². The average Bonchev–Trinajstić information content (AvgIpc) is 2.47. The summed E-state index contributed by atoms with van der Waals surface area (Å²) in [6.45, 7) is 13.6. The maximum atomic E-state index is 6.79. The van der Waals surface area contributed by atoms with Gasteiger partial charge in [-0.3, -0.25) is 0 Å². The zero-order chi connectivity index (χ0) is 15.4. The molecular weight excluding hydrogens is 351 g/mol. The molecule has 2 heteroatoms. The average molecular weight is 389 g/mol. The van der Waals surface area contributed by atoms with E-state index in [0.717, 1.165) is 6.42 Å². The van der Waals surface area contributed by atoms with Gasteiger partial charge in [0.25, 0.3) is 0 Å². The van der Waals surface area contributed by atoms with Crippen molar-refractivity contribution in [2.24, 2.45) is 0 Å². The van der Waals surface area contributed by atoms with E-state index in [4.69, 9.17) is 3.07 Å². The monoisotopic (exact) mass is 390 g/mol. The number of hydrogen-bond acceptors (Lipinski definition) is 1. The van der Waals surface area contributed by atoms with Crippen molar-refractivity contribution in [3.63, 3.8) is 0 Å². The van der Waals surface area contributed by atoms with Gasteiger partial charge < -0.3 is 0 Å². The first-order valence-electron chi connectivity index (χ1n) is 8.90. The fourth-order valence-corrected chi connectivity index (χ4v) is 16.6. The van der Waals surface area contributed by atoms with Crippen molar-refractivity contribution in [3.8, 4) is 0 Å². The first-order valence-corrected chi connectivity index (χ1v) is 16.1. The standard InChI is InChI=1S/C6H12O.3C4H9.Sn/c1-4-5(2)6(3)7;3*1-3-4-2;/h7H,4H2,1-3H3;3*1,3-4H2,2H3;/q;;;;+1/p-1/b6-5+;;;;. The van der Waals surface area contributed by atoms with E-state index in [9.17, 15) is 0 Å². The summed E-state index contributed by atoms with van der Waals surface area (Å²) in [5.41, 5.74) is 1.45. The third-order valence-corrected chi connectivity index (χ3v) is 17.4. The van der Waals surface area contributed by atoms with E-state index in [1.807, 2.05) is 0 Å². The van der Waals surface area contributed by atoms with Crippen LogP contribution in [0, 0.1) is 0 Å². The van der Waals surface area contributed by atoms with Crippen molar-refractivity contribution in [3.05, 3.63) is 11.3 Å². The Kier molecular flexibility index (Phi) is 12.1. The summed E-state index contributed by atoms with van der Waals surface area (Å²) in [6, 6.07) is 0. The molecule has 0 saturated heterocycles. The summed E-state index contributed by atoms with van der Waals surface area (Å²) >= 11 is -2.41. The molecule has 0 atom stereocenters. The molecule has 0 amide bonds. The van der Waals surface area contributed by atoms with Crippen LogP contribution in [0.1, 0.15) is 86.5 Å². The molecule has 0 N–H and O–H groups in total. The van der Waals surface area contributed by atoms with E-state index in [-0.39, 0.29) is 0 Å².